The van der Waals surface area contributed by atoms with E-state index in [1.54, 1.807) is 19.2 Å². The standard InChI is InChI=1S/C31H37N3O7S2/c1-41-22-9-11-23-25(17-22)26-18-31(26,43(39,40)33-14-12-32(13-15-33)42(2,37)38)19-34-27-16-21(30(35)36)8-10-24(27)28(29(23)34)20-6-4-3-5-7-20/h8-11,16-17,20,26H,3-7,12-15,18-19H2,1-2H3,(H,35,36). The molecule has 1 aromatic heterocycles. The number of rotatable bonds is 6. The van der Waals surface area contributed by atoms with Gasteiger partial charge in [-0.2, -0.15) is 8.61 Å². The highest BCUT2D eigenvalue weighted by molar-refractivity contribution is 7.91. The number of carboxylic acid groups (broad SMARTS) is 1. The third-order valence-corrected chi connectivity index (χ3v) is 14.2. The Morgan fingerprint density at radius 2 is 1.65 bits per heavy atom. The monoisotopic (exact) mass is 627 g/mol. The van der Waals surface area contributed by atoms with Gasteiger partial charge in [-0.25, -0.2) is 21.6 Å². The van der Waals surface area contributed by atoms with E-state index in [4.69, 9.17) is 4.74 Å². The molecule has 0 bridgehead atoms. The van der Waals surface area contributed by atoms with Gasteiger partial charge in [0.15, 0.2) is 0 Å². The summed E-state index contributed by atoms with van der Waals surface area (Å²) in [5.41, 5.74) is 5.02. The molecule has 2 aliphatic carbocycles. The van der Waals surface area contributed by atoms with Crippen LogP contribution in [0.4, 0.5) is 0 Å². The van der Waals surface area contributed by atoms with Gasteiger partial charge >= 0.3 is 5.97 Å². The second-order valence-corrected chi connectivity index (χ2v) is 16.8. The van der Waals surface area contributed by atoms with Gasteiger partial charge in [0.25, 0.3) is 0 Å². The molecule has 1 N–H and O–H groups in total. The van der Waals surface area contributed by atoms with Crippen molar-refractivity contribution in [2.45, 2.75) is 61.7 Å². The Morgan fingerprint density at radius 3 is 2.30 bits per heavy atom. The molecule has 0 amide bonds. The summed E-state index contributed by atoms with van der Waals surface area (Å²) >= 11 is 0. The van der Waals surface area contributed by atoms with Gasteiger partial charge in [0.2, 0.25) is 20.0 Å². The predicted molar refractivity (Wildman–Crippen MR) is 164 cm³/mol. The second-order valence-electron chi connectivity index (χ2n) is 12.6. The van der Waals surface area contributed by atoms with Crippen LogP contribution in [0.5, 0.6) is 5.75 Å². The van der Waals surface area contributed by atoms with E-state index in [0.29, 0.717) is 18.1 Å². The van der Waals surface area contributed by atoms with Crippen LogP contribution in [-0.2, 0) is 26.6 Å². The Bertz CT molecular complexity index is 1850. The van der Waals surface area contributed by atoms with Crippen molar-refractivity contribution < 1.29 is 31.5 Å². The maximum atomic E-state index is 14.6. The smallest absolute Gasteiger partial charge is 0.335 e. The lowest BCUT2D eigenvalue weighted by Gasteiger charge is -2.35. The van der Waals surface area contributed by atoms with Gasteiger partial charge in [-0.05, 0) is 66.6 Å². The van der Waals surface area contributed by atoms with E-state index < -0.39 is 30.8 Å². The SMILES string of the molecule is COc1ccc2c(c1)C1CC1(S(=O)(=O)N1CCN(S(C)(=O)=O)CC1)Cn1c-2c(C2CCCCC2)c2ccc(C(=O)O)cc21. The van der Waals surface area contributed by atoms with Crippen molar-refractivity contribution in [1.29, 1.82) is 0 Å². The van der Waals surface area contributed by atoms with E-state index in [2.05, 4.69) is 4.57 Å². The number of aromatic nitrogens is 1. The highest BCUT2D eigenvalue weighted by Crippen LogP contribution is 2.64. The van der Waals surface area contributed by atoms with E-state index in [-0.39, 0.29) is 44.2 Å². The summed E-state index contributed by atoms with van der Waals surface area (Å²) in [6.45, 7) is 0.642. The molecule has 10 nitrogen and oxygen atoms in total. The third-order valence-electron chi connectivity index (χ3n) is 10.2. The lowest BCUT2D eigenvalue weighted by atomic mass is 9.81. The third kappa shape index (κ3) is 4.43. The summed E-state index contributed by atoms with van der Waals surface area (Å²) in [6.07, 6.45) is 7.09. The van der Waals surface area contributed by atoms with Gasteiger partial charge in [-0.3, -0.25) is 0 Å². The van der Waals surface area contributed by atoms with Crippen LogP contribution in [-0.4, -0.2) is 85.4 Å². The summed E-state index contributed by atoms with van der Waals surface area (Å²) in [6, 6.07) is 11.2. The number of methoxy groups -OCH3 is 1. The molecule has 2 aliphatic heterocycles. The Morgan fingerprint density at radius 1 is 0.953 bits per heavy atom. The largest absolute Gasteiger partial charge is 0.497 e. The topological polar surface area (TPSA) is 126 Å². The average Bonchev–Trinajstić information content (AvgIpc) is 3.68. The predicted octanol–water partition coefficient (Wildman–Crippen LogP) is 4.21. The van der Waals surface area contributed by atoms with Crippen LogP contribution in [0.3, 0.4) is 0 Å². The van der Waals surface area contributed by atoms with Crippen molar-refractivity contribution in [2.75, 3.05) is 39.5 Å². The van der Waals surface area contributed by atoms with Crippen LogP contribution in [0, 0.1) is 0 Å². The fraction of sp³-hybridized carbons (Fsp3) is 0.516. The Hall–Kier alpha value is -2.93. The average molecular weight is 628 g/mol. The van der Waals surface area contributed by atoms with E-state index in [1.807, 2.05) is 24.3 Å². The molecule has 2 saturated carbocycles. The minimum absolute atomic E-state index is 0.102. The Balaban J connectivity index is 1.43. The molecule has 2 atom stereocenters. The number of hydrogen-bond donors (Lipinski definition) is 1. The number of piperazine rings is 1. The lowest BCUT2D eigenvalue weighted by Crippen LogP contribution is -2.53. The molecule has 2 aromatic carbocycles. The zero-order chi connectivity index (χ0) is 30.3. The molecule has 3 fully saturated rings. The van der Waals surface area contributed by atoms with Crippen LogP contribution in [0.25, 0.3) is 22.2 Å². The summed E-state index contributed by atoms with van der Waals surface area (Å²) in [5, 5.41) is 10.9. The van der Waals surface area contributed by atoms with Crippen molar-refractivity contribution in [1.82, 2.24) is 13.2 Å². The first-order chi connectivity index (χ1) is 20.5. The van der Waals surface area contributed by atoms with Gasteiger partial charge < -0.3 is 14.4 Å². The highest BCUT2D eigenvalue weighted by Gasteiger charge is 2.67. The zero-order valence-corrected chi connectivity index (χ0v) is 26.1. The number of sulfonamides is 2. The van der Waals surface area contributed by atoms with Gasteiger partial charge in [0, 0.05) is 55.1 Å². The number of carbonyl (C=O) groups is 1. The summed E-state index contributed by atoms with van der Waals surface area (Å²) in [5.74, 6) is -0.335. The fourth-order valence-electron chi connectivity index (χ4n) is 7.93. The maximum absolute atomic E-state index is 14.6. The first-order valence-corrected chi connectivity index (χ1v) is 18.3. The van der Waals surface area contributed by atoms with Crippen molar-refractivity contribution in [2.24, 2.45) is 0 Å². The lowest BCUT2D eigenvalue weighted by molar-refractivity contribution is 0.0697. The molecule has 3 aromatic rings. The van der Waals surface area contributed by atoms with E-state index >= 15 is 0 Å². The van der Waals surface area contributed by atoms with Gasteiger partial charge in [0.1, 0.15) is 10.5 Å². The van der Waals surface area contributed by atoms with Crippen LogP contribution in [0.2, 0.25) is 0 Å². The molecule has 12 heteroatoms. The molecule has 4 aliphatic rings. The van der Waals surface area contributed by atoms with Crippen molar-refractivity contribution >= 4 is 36.9 Å². The first-order valence-electron chi connectivity index (χ1n) is 15.0. The van der Waals surface area contributed by atoms with Crippen LogP contribution < -0.4 is 4.74 Å². The molecular weight excluding hydrogens is 590 g/mol. The minimum Gasteiger partial charge on any atom is -0.497 e. The maximum Gasteiger partial charge on any atom is 0.335 e. The molecule has 7 rings (SSSR count). The van der Waals surface area contributed by atoms with Gasteiger partial charge in [-0.15, -0.1) is 0 Å². The quantitative estimate of drug-likeness (QED) is 0.434. The Labute approximate surface area is 252 Å². The summed E-state index contributed by atoms with van der Waals surface area (Å²) in [4.78, 5) is 12.1. The number of aromatic carboxylic acids is 1. The normalized spacial score (nSPS) is 25.0. The van der Waals surface area contributed by atoms with Crippen molar-refractivity contribution in [3.05, 3.63) is 53.1 Å². The molecule has 1 saturated heterocycles. The van der Waals surface area contributed by atoms with E-state index in [9.17, 15) is 26.7 Å². The number of benzene rings is 2. The number of ether oxygens (including phenoxy) is 1. The van der Waals surface area contributed by atoms with Crippen LogP contribution in [0.15, 0.2) is 36.4 Å². The molecule has 0 spiro atoms. The summed E-state index contributed by atoms with van der Waals surface area (Å²) in [7, 11) is -5.69. The number of carboxylic acids is 1. The zero-order valence-electron chi connectivity index (χ0n) is 24.5. The van der Waals surface area contributed by atoms with Crippen LogP contribution >= 0.6 is 0 Å². The molecule has 3 heterocycles. The molecule has 0 radical (unpaired) electrons. The van der Waals surface area contributed by atoms with Gasteiger partial charge in [-0.1, -0.05) is 25.3 Å². The Kier molecular flexibility index (Phi) is 6.73. The second kappa shape index (κ2) is 10.0. The van der Waals surface area contributed by atoms with Gasteiger partial charge in [0.05, 0.1) is 24.6 Å². The number of hydrogen-bond acceptors (Lipinski definition) is 6. The van der Waals surface area contributed by atoms with E-state index in [1.165, 1.54) is 20.6 Å². The van der Waals surface area contributed by atoms with Crippen molar-refractivity contribution in [3.8, 4) is 17.0 Å². The minimum atomic E-state index is -3.88. The van der Waals surface area contributed by atoms with Crippen molar-refractivity contribution in [3.63, 3.8) is 0 Å². The molecule has 230 valence electrons. The number of fused-ring (bicyclic) bond motifs is 7. The fourth-order valence-corrected chi connectivity index (χ4v) is 11.1. The molecular formula is C31H37N3O7S2. The van der Waals surface area contributed by atoms with Crippen LogP contribution in [0.1, 0.15) is 71.8 Å². The highest BCUT2D eigenvalue weighted by atomic mass is 32.2. The summed E-state index contributed by atoms with van der Waals surface area (Å²) < 4.78 is 62.9. The van der Waals surface area contributed by atoms with E-state index in [0.717, 1.165) is 59.7 Å². The number of nitrogens with zero attached hydrogens (tertiary/aromatic N) is 3. The molecule has 43 heavy (non-hydrogen) atoms. The molecule has 2 unspecified atom stereocenters. The first kappa shape index (κ1) is 28.8.